The highest BCUT2D eigenvalue weighted by Crippen LogP contribution is 2.29. The highest BCUT2D eigenvalue weighted by Gasteiger charge is 2.33. The van der Waals surface area contributed by atoms with E-state index in [2.05, 4.69) is 24.3 Å². The zero-order valence-electron chi connectivity index (χ0n) is 19.3. The first kappa shape index (κ1) is 23.5. The fraction of sp³-hybridized carbons (Fsp3) is 0.333. The molecule has 0 saturated heterocycles. The van der Waals surface area contributed by atoms with Crippen molar-refractivity contribution in [3.8, 4) is 0 Å². The van der Waals surface area contributed by atoms with E-state index in [-0.39, 0.29) is 22.9 Å². The molecule has 3 aromatic rings. The van der Waals surface area contributed by atoms with Gasteiger partial charge >= 0.3 is 0 Å². The Labute approximate surface area is 189 Å². The van der Waals surface area contributed by atoms with Crippen LogP contribution in [0.15, 0.2) is 51.9 Å². The van der Waals surface area contributed by atoms with Gasteiger partial charge in [-0.1, -0.05) is 48.8 Å². The van der Waals surface area contributed by atoms with E-state index in [1.54, 1.807) is 26.0 Å². The van der Waals surface area contributed by atoms with Gasteiger partial charge in [0, 0.05) is 5.69 Å². The Morgan fingerprint density at radius 3 is 2.25 bits per heavy atom. The van der Waals surface area contributed by atoms with Gasteiger partial charge in [0.1, 0.15) is 12.2 Å². The summed E-state index contributed by atoms with van der Waals surface area (Å²) in [5.41, 5.74) is 4.34. The van der Waals surface area contributed by atoms with E-state index in [1.165, 1.54) is 0 Å². The van der Waals surface area contributed by atoms with Gasteiger partial charge in [0.15, 0.2) is 10.7 Å². The fourth-order valence-electron chi connectivity index (χ4n) is 3.57. The molecule has 0 aliphatic heterocycles. The quantitative estimate of drug-likeness (QED) is 0.549. The summed E-state index contributed by atoms with van der Waals surface area (Å²) in [6.07, 6.45) is 0. The largest absolute Gasteiger partial charge is 0.360 e. The van der Waals surface area contributed by atoms with Crippen molar-refractivity contribution in [2.24, 2.45) is 0 Å². The first-order valence-electron chi connectivity index (χ1n) is 10.4. The molecule has 170 valence electrons. The highest BCUT2D eigenvalue weighted by atomic mass is 32.2. The van der Waals surface area contributed by atoms with Crippen LogP contribution in [-0.2, 0) is 14.8 Å². The summed E-state index contributed by atoms with van der Waals surface area (Å²) in [7, 11) is -4.09. The molecule has 3 rings (SSSR count). The second-order valence-electron chi connectivity index (χ2n) is 8.28. The van der Waals surface area contributed by atoms with Crippen LogP contribution in [-0.4, -0.2) is 26.0 Å². The van der Waals surface area contributed by atoms with Gasteiger partial charge in [0.2, 0.25) is 5.91 Å². The van der Waals surface area contributed by atoms with Crippen LogP contribution < -0.4 is 9.62 Å². The molecule has 0 aliphatic carbocycles. The number of anilines is 2. The molecule has 1 amide bonds. The number of rotatable bonds is 7. The molecule has 0 fully saturated rings. The molecule has 0 aliphatic rings. The van der Waals surface area contributed by atoms with Crippen molar-refractivity contribution in [2.45, 2.75) is 52.4 Å². The standard InChI is InChI=1S/C24H29N3O4S/c1-15(2)20-8-10-21(11-9-20)27(32(29,30)24-18(5)26-31-19(24)6)14-23(28)25-22-12-7-16(3)13-17(22)4/h7-13,15H,14H2,1-6H3,(H,25,28). The van der Waals surface area contributed by atoms with Crippen molar-refractivity contribution < 1.29 is 17.7 Å². The van der Waals surface area contributed by atoms with Crippen LogP contribution in [0.3, 0.4) is 0 Å². The van der Waals surface area contributed by atoms with Crippen LogP contribution >= 0.6 is 0 Å². The van der Waals surface area contributed by atoms with Crippen molar-refractivity contribution in [3.05, 3.63) is 70.6 Å². The van der Waals surface area contributed by atoms with Crippen molar-refractivity contribution in [2.75, 3.05) is 16.2 Å². The second-order valence-corrected chi connectivity index (χ2v) is 10.1. The minimum atomic E-state index is -4.09. The molecule has 7 nitrogen and oxygen atoms in total. The summed E-state index contributed by atoms with van der Waals surface area (Å²) in [4.78, 5) is 12.9. The second kappa shape index (κ2) is 9.16. The molecule has 0 atom stereocenters. The van der Waals surface area contributed by atoms with Crippen LogP contribution in [0, 0.1) is 27.7 Å². The lowest BCUT2D eigenvalue weighted by Gasteiger charge is -2.24. The minimum absolute atomic E-state index is 0.0234. The van der Waals surface area contributed by atoms with Crippen LogP contribution in [0.25, 0.3) is 0 Å². The Kier molecular flexibility index (Phi) is 6.74. The molecule has 0 saturated carbocycles. The number of nitrogens with zero attached hydrogens (tertiary/aromatic N) is 2. The number of aryl methyl sites for hydroxylation is 4. The molecular formula is C24H29N3O4S. The molecule has 0 radical (unpaired) electrons. The first-order chi connectivity index (χ1) is 15.0. The molecular weight excluding hydrogens is 426 g/mol. The van der Waals surface area contributed by atoms with Crippen molar-refractivity contribution in [3.63, 3.8) is 0 Å². The molecule has 2 aromatic carbocycles. The average molecular weight is 456 g/mol. The molecule has 32 heavy (non-hydrogen) atoms. The zero-order valence-corrected chi connectivity index (χ0v) is 20.1. The van der Waals surface area contributed by atoms with Gasteiger partial charge < -0.3 is 9.84 Å². The van der Waals surface area contributed by atoms with Crippen LogP contribution in [0.2, 0.25) is 0 Å². The third kappa shape index (κ3) is 4.85. The lowest BCUT2D eigenvalue weighted by molar-refractivity contribution is -0.114. The summed E-state index contributed by atoms with van der Waals surface area (Å²) in [6.45, 7) is 10.7. The number of hydrogen-bond donors (Lipinski definition) is 1. The maximum Gasteiger partial charge on any atom is 0.270 e. The number of amides is 1. The first-order valence-corrected chi connectivity index (χ1v) is 11.9. The van der Waals surface area contributed by atoms with E-state index >= 15 is 0 Å². The van der Waals surface area contributed by atoms with Gasteiger partial charge in [-0.15, -0.1) is 0 Å². The Morgan fingerprint density at radius 1 is 1.06 bits per heavy atom. The number of nitrogens with one attached hydrogen (secondary N) is 1. The normalized spacial score (nSPS) is 11.6. The topological polar surface area (TPSA) is 92.5 Å². The Bertz CT molecular complexity index is 1210. The Balaban J connectivity index is 1.99. The molecule has 0 spiro atoms. The van der Waals surface area contributed by atoms with Crippen LogP contribution in [0.4, 0.5) is 11.4 Å². The fourth-order valence-corrected chi connectivity index (χ4v) is 5.29. The van der Waals surface area contributed by atoms with Gasteiger partial charge in [-0.3, -0.25) is 9.10 Å². The lowest BCUT2D eigenvalue weighted by atomic mass is 10.0. The number of hydrogen-bond acceptors (Lipinski definition) is 5. The van der Waals surface area contributed by atoms with Gasteiger partial charge in [-0.25, -0.2) is 8.42 Å². The summed E-state index contributed by atoms with van der Waals surface area (Å²) < 4.78 is 33.4. The van der Waals surface area contributed by atoms with E-state index < -0.39 is 15.9 Å². The van der Waals surface area contributed by atoms with Crippen molar-refractivity contribution in [1.29, 1.82) is 0 Å². The third-order valence-electron chi connectivity index (χ3n) is 5.31. The summed E-state index contributed by atoms with van der Waals surface area (Å²) in [5.74, 6) is 0.0331. The molecule has 1 aromatic heterocycles. The van der Waals surface area contributed by atoms with E-state index in [9.17, 15) is 13.2 Å². The SMILES string of the molecule is Cc1ccc(NC(=O)CN(c2ccc(C(C)C)cc2)S(=O)(=O)c2c(C)noc2C)c(C)c1. The van der Waals surface area contributed by atoms with Crippen LogP contribution in [0.1, 0.15) is 47.9 Å². The van der Waals surface area contributed by atoms with Crippen molar-refractivity contribution in [1.82, 2.24) is 5.16 Å². The minimum Gasteiger partial charge on any atom is -0.360 e. The smallest absolute Gasteiger partial charge is 0.270 e. The van der Waals surface area contributed by atoms with E-state index in [4.69, 9.17) is 4.52 Å². The molecule has 1 heterocycles. The number of carbonyl (C=O) groups is 1. The average Bonchev–Trinajstić information content (AvgIpc) is 3.07. The van der Waals surface area contributed by atoms with E-state index in [0.29, 0.717) is 17.3 Å². The Morgan fingerprint density at radius 2 is 1.72 bits per heavy atom. The van der Waals surface area contributed by atoms with Crippen molar-refractivity contribution >= 4 is 27.3 Å². The number of benzene rings is 2. The zero-order chi connectivity index (χ0) is 23.6. The summed E-state index contributed by atoms with van der Waals surface area (Å²) >= 11 is 0. The monoisotopic (exact) mass is 455 g/mol. The van der Waals surface area contributed by atoms with Gasteiger partial charge in [-0.05, 0) is 62.9 Å². The predicted molar refractivity (Wildman–Crippen MR) is 126 cm³/mol. The maximum atomic E-state index is 13.6. The molecule has 8 heteroatoms. The number of sulfonamides is 1. The molecule has 1 N–H and O–H groups in total. The highest BCUT2D eigenvalue weighted by molar-refractivity contribution is 7.93. The number of aromatic nitrogens is 1. The summed E-state index contributed by atoms with van der Waals surface area (Å²) in [6, 6.07) is 12.8. The number of carbonyl (C=O) groups excluding carboxylic acids is 1. The molecule has 0 bridgehead atoms. The maximum absolute atomic E-state index is 13.6. The Hall–Kier alpha value is -3.13. The lowest BCUT2D eigenvalue weighted by Crippen LogP contribution is -2.38. The molecule has 0 unspecified atom stereocenters. The summed E-state index contributed by atoms with van der Waals surface area (Å²) in [5, 5.41) is 6.61. The van der Waals surface area contributed by atoms with Gasteiger partial charge in [-0.2, -0.15) is 0 Å². The van der Waals surface area contributed by atoms with E-state index in [1.807, 2.05) is 44.2 Å². The van der Waals surface area contributed by atoms with Gasteiger partial charge in [0.05, 0.1) is 5.69 Å². The third-order valence-corrected chi connectivity index (χ3v) is 7.33. The van der Waals surface area contributed by atoms with Gasteiger partial charge in [0.25, 0.3) is 10.0 Å². The predicted octanol–water partition coefficient (Wildman–Crippen LogP) is 4.87. The van der Waals surface area contributed by atoms with E-state index in [0.717, 1.165) is 21.0 Å². The van der Waals surface area contributed by atoms with Crippen LogP contribution in [0.5, 0.6) is 0 Å².